The number of aromatic amines is 1. The number of nitrogens with one attached hydrogen (secondary N) is 2. The van der Waals surface area contributed by atoms with E-state index in [1.165, 1.54) is 6.07 Å². The van der Waals surface area contributed by atoms with Crippen molar-refractivity contribution >= 4 is 22.6 Å². The monoisotopic (exact) mass is 280 g/mol. The number of fused-ring (bicyclic) bond motifs is 1. The van der Waals surface area contributed by atoms with Crippen molar-refractivity contribution in [3.05, 3.63) is 65.0 Å². The van der Waals surface area contributed by atoms with E-state index < -0.39 is 6.09 Å². The Morgan fingerprint density at radius 1 is 1.05 bits per heavy atom. The summed E-state index contributed by atoms with van der Waals surface area (Å²) in [5, 5.41) is 12.1. The molecule has 104 valence electrons. The summed E-state index contributed by atoms with van der Waals surface area (Å²) < 4.78 is 0. The summed E-state index contributed by atoms with van der Waals surface area (Å²) in [5.41, 5.74) is 1.77. The van der Waals surface area contributed by atoms with Gasteiger partial charge in [-0.15, -0.1) is 0 Å². The zero-order valence-corrected chi connectivity index (χ0v) is 11.0. The number of carbonyl (C=O) groups is 1. The van der Waals surface area contributed by atoms with Gasteiger partial charge in [0.25, 0.3) is 5.56 Å². The smallest absolute Gasteiger partial charge is 0.409 e. The second kappa shape index (κ2) is 5.13. The molecule has 2 aromatic carbocycles. The Balaban J connectivity index is 2.14. The van der Waals surface area contributed by atoms with Crippen LogP contribution in [-0.4, -0.2) is 16.2 Å². The minimum atomic E-state index is -1.16. The first kappa shape index (κ1) is 12.9. The second-order valence-corrected chi connectivity index (χ2v) is 4.61. The summed E-state index contributed by atoms with van der Waals surface area (Å²) in [6, 6.07) is 16.3. The number of anilines is 1. The number of benzene rings is 2. The van der Waals surface area contributed by atoms with Gasteiger partial charge in [0.1, 0.15) is 0 Å². The highest BCUT2D eigenvalue weighted by molar-refractivity contribution is 5.91. The predicted molar refractivity (Wildman–Crippen MR) is 81.7 cm³/mol. The van der Waals surface area contributed by atoms with Crippen molar-refractivity contribution in [2.24, 2.45) is 0 Å². The minimum absolute atomic E-state index is 0.250. The predicted octanol–water partition coefficient (Wildman–Crippen LogP) is 3.29. The fraction of sp³-hybridized carbons (Fsp3) is 0. The first-order valence-electron chi connectivity index (χ1n) is 6.36. The molecule has 0 fully saturated rings. The van der Waals surface area contributed by atoms with E-state index in [1.54, 1.807) is 12.1 Å². The van der Waals surface area contributed by atoms with E-state index in [0.717, 1.165) is 16.6 Å². The Hall–Kier alpha value is -3.08. The molecule has 0 aliphatic heterocycles. The summed E-state index contributed by atoms with van der Waals surface area (Å²) in [5.74, 6) is 0. The lowest BCUT2D eigenvalue weighted by molar-refractivity contribution is 0.210. The van der Waals surface area contributed by atoms with Crippen LogP contribution in [-0.2, 0) is 0 Å². The molecule has 0 atom stereocenters. The Bertz CT molecular complexity index is 870. The van der Waals surface area contributed by atoms with E-state index in [0.29, 0.717) is 11.1 Å². The molecular formula is C16H12N2O3. The quantitative estimate of drug-likeness (QED) is 0.673. The SMILES string of the molecule is O=C(O)Nc1ccc2cc(-c3ccccc3)[nH]c(=O)c2c1. The van der Waals surface area contributed by atoms with Crippen LogP contribution in [0.3, 0.4) is 0 Å². The van der Waals surface area contributed by atoms with Crippen LogP contribution in [0.5, 0.6) is 0 Å². The first-order valence-corrected chi connectivity index (χ1v) is 6.36. The molecule has 0 bridgehead atoms. The standard InChI is InChI=1S/C16H12N2O3/c19-15-13-9-12(17-16(20)21)7-6-11(13)8-14(18-15)10-4-2-1-3-5-10/h1-9,17H,(H,18,19)(H,20,21). The molecule has 5 heteroatoms. The number of hydrogen-bond acceptors (Lipinski definition) is 2. The number of hydrogen-bond donors (Lipinski definition) is 3. The van der Waals surface area contributed by atoms with Crippen molar-refractivity contribution in [2.75, 3.05) is 5.32 Å². The van der Waals surface area contributed by atoms with Gasteiger partial charge >= 0.3 is 6.09 Å². The highest BCUT2D eigenvalue weighted by Gasteiger charge is 2.06. The number of rotatable bonds is 2. The van der Waals surface area contributed by atoms with Gasteiger partial charge in [-0.2, -0.15) is 0 Å². The van der Waals surface area contributed by atoms with Crippen LogP contribution >= 0.6 is 0 Å². The Morgan fingerprint density at radius 2 is 1.81 bits per heavy atom. The lowest BCUT2D eigenvalue weighted by Gasteiger charge is -2.06. The summed E-state index contributed by atoms with van der Waals surface area (Å²) in [6.45, 7) is 0. The Morgan fingerprint density at radius 3 is 2.52 bits per heavy atom. The van der Waals surface area contributed by atoms with E-state index in [9.17, 15) is 9.59 Å². The first-order chi connectivity index (χ1) is 10.1. The zero-order chi connectivity index (χ0) is 14.8. The molecule has 0 aliphatic rings. The van der Waals surface area contributed by atoms with Gasteiger partial charge in [0, 0.05) is 16.8 Å². The lowest BCUT2D eigenvalue weighted by atomic mass is 10.1. The van der Waals surface area contributed by atoms with Gasteiger partial charge in [0.2, 0.25) is 0 Å². The van der Waals surface area contributed by atoms with E-state index >= 15 is 0 Å². The molecule has 3 rings (SSSR count). The largest absolute Gasteiger partial charge is 0.465 e. The van der Waals surface area contributed by atoms with Crippen LogP contribution in [0.4, 0.5) is 10.5 Å². The fourth-order valence-electron chi connectivity index (χ4n) is 2.23. The van der Waals surface area contributed by atoms with Crippen molar-refractivity contribution in [1.29, 1.82) is 0 Å². The molecular weight excluding hydrogens is 268 g/mol. The maximum Gasteiger partial charge on any atom is 0.409 e. The van der Waals surface area contributed by atoms with E-state index in [4.69, 9.17) is 5.11 Å². The summed E-state index contributed by atoms with van der Waals surface area (Å²) in [4.78, 5) is 25.6. The van der Waals surface area contributed by atoms with Crippen LogP contribution in [0, 0.1) is 0 Å². The number of pyridine rings is 1. The molecule has 21 heavy (non-hydrogen) atoms. The van der Waals surface area contributed by atoms with Crippen molar-refractivity contribution in [3.8, 4) is 11.3 Å². The molecule has 1 amide bonds. The van der Waals surface area contributed by atoms with Crippen molar-refractivity contribution in [1.82, 2.24) is 4.98 Å². The Labute approximate surface area is 119 Å². The van der Waals surface area contributed by atoms with Gasteiger partial charge in [-0.3, -0.25) is 10.1 Å². The summed E-state index contributed by atoms with van der Waals surface area (Å²) >= 11 is 0. The molecule has 0 saturated carbocycles. The molecule has 0 saturated heterocycles. The molecule has 3 aromatic rings. The second-order valence-electron chi connectivity index (χ2n) is 4.61. The maximum absolute atomic E-state index is 12.2. The third-order valence-corrected chi connectivity index (χ3v) is 3.18. The van der Waals surface area contributed by atoms with Gasteiger partial charge in [-0.05, 0) is 29.1 Å². The van der Waals surface area contributed by atoms with Crippen LogP contribution in [0.15, 0.2) is 59.4 Å². The van der Waals surface area contributed by atoms with Gasteiger partial charge in [-0.25, -0.2) is 4.79 Å². The van der Waals surface area contributed by atoms with E-state index in [-0.39, 0.29) is 5.56 Å². The molecule has 3 N–H and O–H groups in total. The molecule has 1 heterocycles. The average Bonchev–Trinajstić information content (AvgIpc) is 2.48. The molecule has 1 aromatic heterocycles. The summed E-state index contributed by atoms with van der Waals surface area (Å²) in [7, 11) is 0. The number of H-pyrrole nitrogens is 1. The van der Waals surface area contributed by atoms with Gasteiger partial charge in [0.15, 0.2) is 0 Å². The number of amides is 1. The minimum Gasteiger partial charge on any atom is -0.465 e. The maximum atomic E-state index is 12.2. The highest BCUT2D eigenvalue weighted by atomic mass is 16.4. The Kier molecular flexibility index (Phi) is 3.16. The van der Waals surface area contributed by atoms with Gasteiger partial charge < -0.3 is 10.1 Å². The molecule has 0 spiro atoms. The average molecular weight is 280 g/mol. The van der Waals surface area contributed by atoms with Crippen LogP contribution in [0.1, 0.15) is 0 Å². The highest BCUT2D eigenvalue weighted by Crippen LogP contribution is 2.21. The summed E-state index contributed by atoms with van der Waals surface area (Å²) in [6.07, 6.45) is -1.16. The number of aromatic nitrogens is 1. The normalized spacial score (nSPS) is 10.5. The fourth-order valence-corrected chi connectivity index (χ4v) is 2.23. The van der Waals surface area contributed by atoms with Crippen molar-refractivity contribution in [2.45, 2.75) is 0 Å². The molecule has 0 radical (unpaired) electrons. The van der Waals surface area contributed by atoms with Gasteiger partial charge in [0.05, 0.1) is 0 Å². The third kappa shape index (κ3) is 2.62. The zero-order valence-electron chi connectivity index (χ0n) is 11.0. The van der Waals surface area contributed by atoms with Gasteiger partial charge in [-0.1, -0.05) is 36.4 Å². The van der Waals surface area contributed by atoms with E-state index in [2.05, 4.69) is 10.3 Å². The van der Waals surface area contributed by atoms with Crippen LogP contribution < -0.4 is 10.9 Å². The lowest BCUT2D eigenvalue weighted by Crippen LogP contribution is -2.10. The topological polar surface area (TPSA) is 82.2 Å². The number of carboxylic acid groups (broad SMARTS) is 1. The van der Waals surface area contributed by atoms with E-state index in [1.807, 2.05) is 36.4 Å². The van der Waals surface area contributed by atoms with Crippen molar-refractivity contribution in [3.63, 3.8) is 0 Å². The molecule has 0 aliphatic carbocycles. The van der Waals surface area contributed by atoms with Crippen molar-refractivity contribution < 1.29 is 9.90 Å². The van der Waals surface area contributed by atoms with Crippen LogP contribution in [0.2, 0.25) is 0 Å². The van der Waals surface area contributed by atoms with Crippen LogP contribution in [0.25, 0.3) is 22.0 Å². The molecule has 0 unspecified atom stereocenters. The third-order valence-electron chi connectivity index (χ3n) is 3.18. The molecule has 5 nitrogen and oxygen atoms in total.